The molecule has 0 atom stereocenters. The van der Waals surface area contributed by atoms with Crippen LogP contribution in [0.5, 0.6) is 0 Å². The highest BCUT2D eigenvalue weighted by atomic mass is 79.9. The summed E-state index contributed by atoms with van der Waals surface area (Å²) in [7, 11) is -3.51. The fourth-order valence-electron chi connectivity index (χ4n) is 2.32. The number of nitrogens with one attached hydrogen (secondary N) is 2. The Balaban J connectivity index is 1.86. The molecule has 0 radical (unpaired) electrons. The highest BCUT2D eigenvalue weighted by molar-refractivity contribution is 9.10. The lowest BCUT2D eigenvalue weighted by Gasteiger charge is -2.07. The molecule has 6 heteroatoms. The lowest BCUT2D eigenvalue weighted by atomic mass is 10.2. The Morgan fingerprint density at radius 2 is 1.86 bits per heavy atom. The normalized spacial score (nSPS) is 11.9. The summed E-state index contributed by atoms with van der Waals surface area (Å²) in [6.45, 7) is 2.16. The zero-order valence-electron chi connectivity index (χ0n) is 11.9. The van der Waals surface area contributed by atoms with Crippen molar-refractivity contribution in [2.45, 2.75) is 18.4 Å². The minimum Gasteiger partial charge on any atom is -0.361 e. The molecule has 1 heterocycles. The first-order valence-electron chi connectivity index (χ1n) is 6.78. The summed E-state index contributed by atoms with van der Waals surface area (Å²) in [5, 5.41) is 0.995. The smallest absolute Gasteiger partial charge is 0.240 e. The molecule has 3 rings (SSSR count). The summed E-state index contributed by atoms with van der Waals surface area (Å²) in [5.41, 5.74) is 2.90. The highest BCUT2D eigenvalue weighted by Gasteiger charge is 2.15. The monoisotopic (exact) mass is 378 g/mol. The molecule has 22 heavy (non-hydrogen) atoms. The largest absolute Gasteiger partial charge is 0.361 e. The summed E-state index contributed by atoms with van der Waals surface area (Å²) in [5.74, 6) is 0. The molecule has 0 aliphatic carbocycles. The van der Waals surface area contributed by atoms with Crippen molar-refractivity contribution >= 4 is 36.9 Å². The van der Waals surface area contributed by atoms with Crippen LogP contribution in [0.1, 0.15) is 11.1 Å². The van der Waals surface area contributed by atoms with E-state index < -0.39 is 10.0 Å². The third-order valence-corrected chi connectivity index (χ3v) is 5.60. The maximum absolute atomic E-state index is 12.3. The van der Waals surface area contributed by atoms with Crippen LogP contribution < -0.4 is 4.72 Å². The van der Waals surface area contributed by atoms with Crippen LogP contribution in [0.3, 0.4) is 0 Å². The summed E-state index contributed by atoms with van der Waals surface area (Å²) in [6.07, 6.45) is 1.83. The first-order valence-corrected chi connectivity index (χ1v) is 9.06. The van der Waals surface area contributed by atoms with Crippen LogP contribution in [0.25, 0.3) is 10.9 Å². The van der Waals surface area contributed by atoms with Gasteiger partial charge in [-0.1, -0.05) is 39.7 Å². The van der Waals surface area contributed by atoms with Gasteiger partial charge in [0.1, 0.15) is 0 Å². The van der Waals surface area contributed by atoms with Crippen molar-refractivity contribution in [2.75, 3.05) is 0 Å². The van der Waals surface area contributed by atoms with E-state index in [0.717, 1.165) is 26.5 Å². The molecule has 0 saturated carbocycles. The lowest BCUT2D eigenvalue weighted by molar-refractivity contribution is 0.581. The Morgan fingerprint density at radius 3 is 2.59 bits per heavy atom. The van der Waals surface area contributed by atoms with Gasteiger partial charge in [-0.25, -0.2) is 13.1 Å². The number of halogens is 1. The molecule has 0 unspecified atom stereocenters. The van der Waals surface area contributed by atoms with E-state index in [1.807, 2.05) is 31.3 Å². The third kappa shape index (κ3) is 2.95. The van der Waals surface area contributed by atoms with Crippen LogP contribution >= 0.6 is 15.9 Å². The van der Waals surface area contributed by atoms with E-state index in [9.17, 15) is 8.42 Å². The Labute approximate surface area is 137 Å². The van der Waals surface area contributed by atoms with Gasteiger partial charge >= 0.3 is 0 Å². The quantitative estimate of drug-likeness (QED) is 0.726. The van der Waals surface area contributed by atoms with Gasteiger partial charge in [-0.05, 0) is 36.8 Å². The lowest BCUT2D eigenvalue weighted by Crippen LogP contribution is -2.23. The number of aromatic amines is 1. The molecule has 114 valence electrons. The van der Waals surface area contributed by atoms with Crippen molar-refractivity contribution in [3.63, 3.8) is 0 Å². The Morgan fingerprint density at radius 1 is 1.14 bits per heavy atom. The van der Waals surface area contributed by atoms with Gasteiger partial charge in [0.05, 0.1) is 4.90 Å². The first kappa shape index (κ1) is 15.3. The van der Waals surface area contributed by atoms with Crippen LogP contribution in [0.15, 0.2) is 58.0 Å². The van der Waals surface area contributed by atoms with Gasteiger partial charge < -0.3 is 4.98 Å². The van der Waals surface area contributed by atoms with Crippen LogP contribution in [0.2, 0.25) is 0 Å². The third-order valence-electron chi connectivity index (χ3n) is 3.52. The zero-order valence-corrected chi connectivity index (χ0v) is 14.3. The number of rotatable bonds is 4. The van der Waals surface area contributed by atoms with E-state index in [2.05, 4.69) is 25.6 Å². The van der Waals surface area contributed by atoms with Gasteiger partial charge in [-0.15, -0.1) is 0 Å². The molecular weight excluding hydrogens is 364 g/mol. The van der Waals surface area contributed by atoms with Gasteiger partial charge in [0, 0.05) is 28.1 Å². The van der Waals surface area contributed by atoms with Crippen molar-refractivity contribution in [2.24, 2.45) is 0 Å². The molecule has 1 aromatic heterocycles. The van der Waals surface area contributed by atoms with Crippen LogP contribution in [-0.2, 0) is 16.6 Å². The summed E-state index contributed by atoms with van der Waals surface area (Å²) >= 11 is 3.50. The second kappa shape index (κ2) is 5.87. The maximum atomic E-state index is 12.3. The van der Waals surface area contributed by atoms with Crippen molar-refractivity contribution in [1.29, 1.82) is 0 Å². The minimum atomic E-state index is -3.51. The molecule has 2 aromatic carbocycles. The number of aryl methyl sites for hydroxylation is 1. The fraction of sp³-hybridized carbons (Fsp3) is 0.125. The molecule has 0 saturated heterocycles. The highest BCUT2D eigenvalue weighted by Crippen LogP contribution is 2.27. The molecule has 0 aliphatic heterocycles. The number of hydrogen-bond acceptors (Lipinski definition) is 2. The fourth-order valence-corrected chi connectivity index (χ4v) is 3.95. The summed E-state index contributed by atoms with van der Waals surface area (Å²) in [4.78, 5) is 3.42. The molecule has 0 bridgehead atoms. The van der Waals surface area contributed by atoms with Crippen molar-refractivity contribution in [1.82, 2.24) is 9.71 Å². The van der Waals surface area contributed by atoms with Crippen molar-refractivity contribution < 1.29 is 8.42 Å². The van der Waals surface area contributed by atoms with Crippen LogP contribution in [0, 0.1) is 6.92 Å². The first-order chi connectivity index (χ1) is 10.5. The number of aromatic nitrogens is 1. The number of hydrogen-bond donors (Lipinski definition) is 2. The van der Waals surface area contributed by atoms with E-state index in [-0.39, 0.29) is 11.4 Å². The van der Waals surface area contributed by atoms with Crippen LogP contribution in [-0.4, -0.2) is 13.4 Å². The molecule has 0 amide bonds. The van der Waals surface area contributed by atoms with Crippen LogP contribution in [0.4, 0.5) is 0 Å². The average molecular weight is 379 g/mol. The van der Waals surface area contributed by atoms with Gasteiger partial charge in [0.15, 0.2) is 0 Å². The molecule has 0 aliphatic rings. The number of H-pyrrole nitrogens is 1. The number of fused-ring (bicyclic) bond motifs is 1. The molecule has 0 spiro atoms. The molecule has 4 nitrogen and oxygen atoms in total. The van der Waals surface area contributed by atoms with E-state index >= 15 is 0 Å². The Bertz CT molecular complexity index is 915. The number of sulfonamides is 1. The van der Waals surface area contributed by atoms with E-state index in [1.54, 1.807) is 24.3 Å². The van der Waals surface area contributed by atoms with Gasteiger partial charge in [-0.3, -0.25) is 0 Å². The van der Waals surface area contributed by atoms with Gasteiger partial charge in [-0.2, -0.15) is 0 Å². The molecular formula is C16H15BrN2O2S. The van der Waals surface area contributed by atoms with Gasteiger partial charge in [0.25, 0.3) is 0 Å². The predicted octanol–water partition coefficient (Wildman–Crippen LogP) is 3.72. The molecule has 3 aromatic rings. The SMILES string of the molecule is Cc1ccc(S(=O)(=O)NCc2c[nH]c3cccc(Br)c23)cc1. The van der Waals surface area contributed by atoms with Crippen molar-refractivity contribution in [3.8, 4) is 0 Å². The second-order valence-electron chi connectivity index (χ2n) is 5.11. The molecule has 2 N–H and O–H groups in total. The van der Waals surface area contributed by atoms with E-state index in [1.165, 1.54) is 0 Å². The summed E-state index contributed by atoms with van der Waals surface area (Å²) < 4.78 is 28.2. The summed E-state index contributed by atoms with van der Waals surface area (Å²) in [6, 6.07) is 12.6. The zero-order chi connectivity index (χ0) is 15.7. The predicted molar refractivity (Wildman–Crippen MR) is 91.2 cm³/mol. The average Bonchev–Trinajstić information content (AvgIpc) is 2.90. The standard InChI is InChI=1S/C16H15BrN2O2S/c1-11-5-7-13(8-6-11)22(20,21)19-10-12-9-18-15-4-2-3-14(17)16(12)15/h2-9,18-19H,10H2,1H3. The topological polar surface area (TPSA) is 62.0 Å². The Hall–Kier alpha value is -1.63. The van der Waals surface area contributed by atoms with E-state index in [4.69, 9.17) is 0 Å². The Kier molecular flexibility index (Phi) is 4.08. The minimum absolute atomic E-state index is 0.235. The van der Waals surface area contributed by atoms with Gasteiger partial charge in [0.2, 0.25) is 10.0 Å². The second-order valence-corrected chi connectivity index (χ2v) is 7.74. The number of benzene rings is 2. The molecule has 0 fully saturated rings. The maximum Gasteiger partial charge on any atom is 0.240 e. The van der Waals surface area contributed by atoms with Crippen molar-refractivity contribution in [3.05, 3.63) is 64.3 Å². The van der Waals surface area contributed by atoms with E-state index in [0.29, 0.717) is 0 Å².